The standard InChI is InChI=1S/C13H14N4O/c1-8-17-10-3-2-9(6-12(10)18-8)13-11(4-5-14)15-7-16-13/h2-3,6-7H,4-5,14H2,1H3,(H,15,16). The minimum atomic E-state index is 0.596. The molecule has 0 saturated carbocycles. The first kappa shape index (κ1) is 11.0. The van der Waals surface area contributed by atoms with Crippen molar-refractivity contribution in [2.45, 2.75) is 13.3 Å². The molecule has 0 aliphatic rings. The quantitative estimate of drug-likeness (QED) is 0.736. The van der Waals surface area contributed by atoms with Gasteiger partial charge in [0.25, 0.3) is 0 Å². The summed E-state index contributed by atoms with van der Waals surface area (Å²) in [6.45, 7) is 2.44. The lowest BCUT2D eigenvalue weighted by Gasteiger charge is -2.01. The molecule has 0 unspecified atom stereocenters. The highest BCUT2D eigenvalue weighted by molar-refractivity contribution is 5.79. The zero-order valence-electron chi connectivity index (χ0n) is 10.1. The fourth-order valence-electron chi connectivity index (χ4n) is 2.09. The molecule has 3 N–H and O–H groups in total. The van der Waals surface area contributed by atoms with E-state index < -0.39 is 0 Å². The number of nitrogens with two attached hydrogens (primary N) is 1. The number of H-pyrrole nitrogens is 1. The number of aromatic amines is 1. The van der Waals surface area contributed by atoms with Crippen LogP contribution in [0.25, 0.3) is 22.4 Å². The Balaban J connectivity index is 2.10. The first-order chi connectivity index (χ1) is 8.78. The van der Waals surface area contributed by atoms with Gasteiger partial charge in [0.15, 0.2) is 11.5 Å². The van der Waals surface area contributed by atoms with Gasteiger partial charge in [-0.05, 0) is 18.7 Å². The zero-order valence-corrected chi connectivity index (χ0v) is 10.1. The molecule has 0 spiro atoms. The number of benzene rings is 1. The van der Waals surface area contributed by atoms with Crippen LogP contribution in [0.2, 0.25) is 0 Å². The number of imidazole rings is 1. The predicted octanol–water partition coefficient (Wildman–Crippen LogP) is 2.03. The third-order valence-corrected chi connectivity index (χ3v) is 2.88. The van der Waals surface area contributed by atoms with E-state index in [0.717, 1.165) is 34.5 Å². The Hall–Kier alpha value is -2.14. The Bertz CT molecular complexity index is 683. The van der Waals surface area contributed by atoms with Crippen molar-refractivity contribution in [3.63, 3.8) is 0 Å². The van der Waals surface area contributed by atoms with Gasteiger partial charge in [0, 0.05) is 24.6 Å². The lowest BCUT2D eigenvalue weighted by molar-refractivity contribution is 0.561. The number of aromatic nitrogens is 3. The Kier molecular flexibility index (Phi) is 2.60. The average molecular weight is 242 g/mol. The first-order valence-electron chi connectivity index (χ1n) is 5.88. The summed E-state index contributed by atoms with van der Waals surface area (Å²) in [5.41, 5.74) is 10.2. The summed E-state index contributed by atoms with van der Waals surface area (Å²) >= 11 is 0. The molecule has 0 aliphatic carbocycles. The summed E-state index contributed by atoms with van der Waals surface area (Å²) < 4.78 is 5.53. The second kappa shape index (κ2) is 4.27. The van der Waals surface area contributed by atoms with Crippen LogP contribution in [0.3, 0.4) is 0 Å². The molecule has 3 aromatic rings. The summed E-state index contributed by atoms with van der Waals surface area (Å²) in [5, 5.41) is 0. The van der Waals surface area contributed by atoms with Gasteiger partial charge in [-0.1, -0.05) is 6.07 Å². The summed E-state index contributed by atoms with van der Waals surface area (Å²) in [5.74, 6) is 0.673. The maximum absolute atomic E-state index is 5.58. The van der Waals surface area contributed by atoms with Gasteiger partial charge in [0.05, 0.1) is 12.0 Å². The summed E-state index contributed by atoms with van der Waals surface area (Å²) in [4.78, 5) is 11.7. The Morgan fingerprint density at radius 2 is 2.28 bits per heavy atom. The zero-order chi connectivity index (χ0) is 12.5. The number of nitrogens with zero attached hydrogens (tertiary/aromatic N) is 2. The van der Waals surface area contributed by atoms with E-state index in [0.29, 0.717) is 12.4 Å². The Morgan fingerprint density at radius 3 is 3.11 bits per heavy atom. The fraction of sp³-hybridized carbons (Fsp3) is 0.231. The Morgan fingerprint density at radius 1 is 1.39 bits per heavy atom. The van der Waals surface area contributed by atoms with E-state index in [4.69, 9.17) is 10.2 Å². The third kappa shape index (κ3) is 1.78. The number of nitrogens with one attached hydrogen (secondary N) is 1. The van der Waals surface area contributed by atoms with Crippen LogP contribution >= 0.6 is 0 Å². The van der Waals surface area contributed by atoms with E-state index in [2.05, 4.69) is 15.0 Å². The second-order valence-electron chi connectivity index (χ2n) is 4.18. The van der Waals surface area contributed by atoms with Gasteiger partial charge >= 0.3 is 0 Å². The van der Waals surface area contributed by atoms with Crippen LogP contribution in [0.5, 0.6) is 0 Å². The average Bonchev–Trinajstić information content (AvgIpc) is 2.93. The molecule has 0 atom stereocenters. The minimum absolute atomic E-state index is 0.596. The van der Waals surface area contributed by atoms with Crippen LogP contribution in [0.4, 0.5) is 0 Å². The van der Waals surface area contributed by atoms with Crippen molar-refractivity contribution >= 4 is 11.1 Å². The van der Waals surface area contributed by atoms with Gasteiger partial charge in [-0.3, -0.25) is 0 Å². The highest BCUT2D eigenvalue weighted by Gasteiger charge is 2.10. The SMILES string of the molecule is Cc1nc2ccc(-c3nc[nH]c3CCN)cc2o1. The monoisotopic (exact) mass is 242 g/mol. The number of rotatable bonds is 3. The van der Waals surface area contributed by atoms with E-state index >= 15 is 0 Å². The molecule has 0 fully saturated rings. The number of aryl methyl sites for hydroxylation is 1. The van der Waals surface area contributed by atoms with Crippen LogP contribution in [0, 0.1) is 6.92 Å². The van der Waals surface area contributed by atoms with Crippen LogP contribution in [-0.2, 0) is 6.42 Å². The van der Waals surface area contributed by atoms with E-state index in [1.807, 2.05) is 25.1 Å². The summed E-state index contributed by atoms with van der Waals surface area (Å²) in [6, 6.07) is 5.91. The molecule has 2 heterocycles. The van der Waals surface area contributed by atoms with Crippen LogP contribution in [0.15, 0.2) is 28.9 Å². The van der Waals surface area contributed by atoms with Crippen molar-refractivity contribution < 1.29 is 4.42 Å². The highest BCUT2D eigenvalue weighted by Crippen LogP contribution is 2.25. The van der Waals surface area contributed by atoms with Gasteiger partial charge in [-0.2, -0.15) is 0 Å². The van der Waals surface area contributed by atoms with Crippen LogP contribution in [-0.4, -0.2) is 21.5 Å². The lowest BCUT2D eigenvalue weighted by atomic mass is 10.1. The Labute approximate surface area is 104 Å². The minimum Gasteiger partial charge on any atom is -0.441 e. The van der Waals surface area contributed by atoms with Crippen molar-refractivity contribution in [3.8, 4) is 11.3 Å². The normalized spacial score (nSPS) is 11.2. The van der Waals surface area contributed by atoms with Gasteiger partial charge in [-0.15, -0.1) is 0 Å². The molecule has 5 nitrogen and oxygen atoms in total. The molecule has 0 radical (unpaired) electrons. The molecule has 3 rings (SSSR count). The molecule has 0 aliphatic heterocycles. The smallest absolute Gasteiger partial charge is 0.192 e. The second-order valence-corrected chi connectivity index (χ2v) is 4.18. The van der Waals surface area contributed by atoms with E-state index in [-0.39, 0.29) is 0 Å². The molecule has 5 heteroatoms. The molecule has 18 heavy (non-hydrogen) atoms. The van der Waals surface area contributed by atoms with Gasteiger partial charge in [-0.25, -0.2) is 9.97 Å². The largest absolute Gasteiger partial charge is 0.441 e. The molecule has 2 aromatic heterocycles. The maximum Gasteiger partial charge on any atom is 0.192 e. The number of hydrogen-bond donors (Lipinski definition) is 2. The van der Waals surface area contributed by atoms with Crippen molar-refractivity contribution in [2.24, 2.45) is 5.73 Å². The van der Waals surface area contributed by atoms with Crippen molar-refractivity contribution in [1.82, 2.24) is 15.0 Å². The van der Waals surface area contributed by atoms with E-state index in [9.17, 15) is 0 Å². The molecular formula is C13H14N4O. The van der Waals surface area contributed by atoms with Crippen LogP contribution < -0.4 is 5.73 Å². The highest BCUT2D eigenvalue weighted by atomic mass is 16.3. The molecule has 1 aromatic carbocycles. The van der Waals surface area contributed by atoms with E-state index in [1.165, 1.54) is 0 Å². The molecule has 92 valence electrons. The number of hydrogen-bond acceptors (Lipinski definition) is 4. The lowest BCUT2D eigenvalue weighted by Crippen LogP contribution is -2.03. The van der Waals surface area contributed by atoms with Gasteiger partial charge in [0.2, 0.25) is 0 Å². The third-order valence-electron chi connectivity index (χ3n) is 2.88. The molecule has 0 bridgehead atoms. The predicted molar refractivity (Wildman–Crippen MR) is 69.1 cm³/mol. The van der Waals surface area contributed by atoms with E-state index in [1.54, 1.807) is 6.33 Å². The fourth-order valence-corrected chi connectivity index (χ4v) is 2.09. The van der Waals surface area contributed by atoms with Crippen LogP contribution in [0.1, 0.15) is 11.6 Å². The number of fused-ring (bicyclic) bond motifs is 1. The first-order valence-corrected chi connectivity index (χ1v) is 5.88. The van der Waals surface area contributed by atoms with Crippen molar-refractivity contribution in [2.75, 3.05) is 6.54 Å². The number of oxazole rings is 1. The molecule has 0 amide bonds. The maximum atomic E-state index is 5.58. The summed E-state index contributed by atoms with van der Waals surface area (Å²) in [6.07, 6.45) is 2.47. The summed E-state index contributed by atoms with van der Waals surface area (Å²) in [7, 11) is 0. The van der Waals surface area contributed by atoms with Crippen molar-refractivity contribution in [3.05, 3.63) is 36.1 Å². The van der Waals surface area contributed by atoms with Crippen molar-refractivity contribution in [1.29, 1.82) is 0 Å². The molecular weight excluding hydrogens is 228 g/mol. The van der Waals surface area contributed by atoms with Gasteiger partial charge < -0.3 is 15.1 Å². The molecule has 0 saturated heterocycles. The topological polar surface area (TPSA) is 80.7 Å². The van der Waals surface area contributed by atoms with Gasteiger partial charge in [0.1, 0.15) is 5.52 Å².